The Kier molecular flexibility index (Phi) is 7.76. The van der Waals surface area contributed by atoms with E-state index in [1.165, 1.54) is 75.3 Å². The topological polar surface area (TPSA) is 9.23 Å². The number of allylic oxidation sites excluding steroid dienone is 2. The summed E-state index contributed by atoms with van der Waals surface area (Å²) >= 11 is 0. The molecule has 0 heterocycles. The molecule has 2 aromatic carbocycles. The molecule has 3 fully saturated rings. The van der Waals surface area contributed by atoms with Crippen molar-refractivity contribution in [1.82, 2.24) is 0 Å². The maximum absolute atomic E-state index is 5.88. The minimum atomic E-state index is 0.454. The van der Waals surface area contributed by atoms with Crippen LogP contribution in [0.3, 0.4) is 0 Å². The van der Waals surface area contributed by atoms with E-state index < -0.39 is 0 Å². The lowest BCUT2D eigenvalue weighted by Gasteiger charge is -2.54. The summed E-state index contributed by atoms with van der Waals surface area (Å²) in [7, 11) is 0. The van der Waals surface area contributed by atoms with E-state index in [1.54, 1.807) is 5.56 Å². The summed E-state index contributed by atoms with van der Waals surface area (Å²) in [5.41, 5.74) is 5.32. The van der Waals surface area contributed by atoms with E-state index in [9.17, 15) is 0 Å². The molecular weight excluding hydrogens is 388 g/mol. The predicted octanol–water partition coefficient (Wildman–Crippen LogP) is 9.26. The van der Waals surface area contributed by atoms with Gasteiger partial charge in [-0.2, -0.15) is 0 Å². The molecule has 2 aromatic rings. The molecule has 1 heteroatoms. The fourth-order valence-corrected chi connectivity index (χ4v) is 6.14. The number of fused-ring (bicyclic) bond motifs is 3. The van der Waals surface area contributed by atoms with Gasteiger partial charge in [0.2, 0.25) is 0 Å². The Labute approximate surface area is 196 Å². The zero-order valence-electron chi connectivity index (χ0n) is 20.4. The molecule has 0 unspecified atom stereocenters. The van der Waals surface area contributed by atoms with Crippen LogP contribution in [0.25, 0.3) is 11.1 Å². The average molecular weight is 431 g/mol. The highest BCUT2D eigenvalue weighted by molar-refractivity contribution is 5.64. The third-order valence-electron chi connectivity index (χ3n) is 8.42. The van der Waals surface area contributed by atoms with Crippen molar-refractivity contribution in [2.75, 3.05) is 6.61 Å². The predicted molar refractivity (Wildman–Crippen MR) is 137 cm³/mol. The monoisotopic (exact) mass is 430 g/mol. The summed E-state index contributed by atoms with van der Waals surface area (Å²) in [6.45, 7) is 5.17. The van der Waals surface area contributed by atoms with Gasteiger partial charge in [-0.15, -0.1) is 0 Å². The number of hydrogen-bond acceptors (Lipinski definition) is 1. The van der Waals surface area contributed by atoms with Gasteiger partial charge >= 0.3 is 0 Å². The normalized spacial score (nSPS) is 24.8. The molecule has 32 heavy (non-hydrogen) atoms. The first-order valence-electron chi connectivity index (χ1n) is 13.1. The van der Waals surface area contributed by atoms with Gasteiger partial charge in [-0.05, 0) is 104 Å². The Morgan fingerprint density at radius 1 is 0.781 bits per heavy atom. The van der Waals surface area contributed by atoms with Crippen LogP contribution in [-0.2, 0) is 5.41 Å². The molecule has 0 atom stereocenters. The zero-order valence-corrected chi connectivity index (χ0v) is 20.4. The van der Waals surface area contributed by atoms with Crippen LogP contribution < -0.4 is 4.74 Å². The maximum Gasteiger partial charge on any atom is 0.119 e. The number of hydrogen-bond donors (Lipinski definition) is 0. The van der Waals surface area contributed by atoms with Crippen molar-refractivity contribution < 1.29 is 4.74 Å². The molecule has 0 saturated heterocycles. The number of rotatable bonds is 11. The number of benzene rings is 2. The number of ether oxygens (including phenoxy) is 1. The minimum absolute atomic E-state index is 0.454. The van der Waals surface area contributed by atoms with Crippen LogP contribution in [0.1, 0.15) is 96.5 Å². The largest absolute Gasteiger partial charge is 0.494 e. The second-order valence-corrected chi connectivity index (χ2v) is 10.4. The highest BCUT2D eigenvalue weighted by Crippen LogP contribution is 2.59. The van der Waals surface area contributed by atoms with E-state index in [-0.39, 0.29) is 0 Å². The molecule has 0 spiro atoms. The van der Waals surface area contributed by atoms with Gasteiger partial charge < -0.3 is 4.74 Å². The van der Waals surface area contributed by atoms with Crippen molar-refractivity contribution in [3.05, 3.63) is 66.2 Å². The summed E-state index contributed by atoms with van der Waals surface area (Å²) in [4.78, 5) is 0. The molecule has 0 radical (unpaired) electrons. The van der Waals surface area contributed by atoms with E-state index in [0.717, 1.165) is 25.2 Å². The lowest BCUT2D eigenvalue weighted by molar-refractivity contribution is 0.0305. The van der Waals surface area contributed by atoms with Crippen LogP contribution in [0.2, 0.25) is 0 Å². The van der Waals surface area contributed by atoms with Crippen molar-refractivity contribution in [3.63, 3.8) is 0 Å². The van der Waals surface area contributed by atoms with Crippen LogP contribution in [-0.4, -0.2) is 6.61 Å². The van der Waals surface area contributed by atoms with Crippen molar-refractivity contribution in [2.24, 2.45) is 5.41 Å². The zero-order chi connectivity index (χ0) is 22.3. The fraction of sp³-hybridized carbons (Fsp3) is 0.548. The lowest BCUT2D eigenvalue weighted by atomic mass is 9.51. The summed E-state index contributed by atoms with van der Waals surface area (Å²) < 4.78 is 5.88. The Morgan fingerprint density at radius 3 is 2.00 bits per heavy atom. The molecule has 5 rings (SSSR count). The van der Waals surface area contributed by atoms with Gasteiger partial charge in [0.1, 0.15) is 5.75 Å². The molecule has 2 bridgehead atoms. The summed E-state index contributed by atoms with van der Waals surface area (Å²) in [5.74, 6) is 0.969. The first-order valence-corrected chi connectivity index (χ1v) is 13.1. The van der Waals surface area contributed by atoms with Crippen molar-refractivity contribution >= 4 is 0 Å². The molecule has 0 aliphatic heterocycles. The molecular formula is C31H42O. The van der Waals surface area contributed by atoms with Crippen LogP contribution in [0, 0.1) is 5.41 Å². The summed E-state index contributed by atoms with van der Waals surface area (Å²) in [6, 6.07) is 18.1. The molecule has 172 valence electrons. The quantitative estimate of drug-likeness (QED) is 0.255. The molecule has 3 aliphatic carbocycles. The Morgan fingerprint density at radius 2 is 1.41 bits per heavy atom. The third-order valence-corrected chi connectivity index (χ3v) is 8.42. The molecule has 3 saturated carbocycles. The lowest BCUT2D eigenvalue weighted by Crippen LogP contribution is -2.44. The number of unbranched alkanes of at least 4 members (excludes halogenated alkanes) is 3. The van der Waals surface area contributed by atoms with E-state index in [4.69, 9.17) is 4.74 Å². The Hall–Kier alpha value is -2.02. The van der Waals surface area contributed by atoms with Crippen molar-refractivity contribution in [2.45, 2.75) is 96.3 Å². The van der Waals surface area contributed by atoms with Gasteiger partial charge in [0, 0.05) is 0 Å². The molecule has 3 aliphatic rings. The van der Waals surface area contributed by atoms with Crippen LogP contribution >= 0.6 is 0 Å². The van der Waals surface area contributed by atoms with E-state index >= 15 is 0 Å². The van der Waals surface area contributed by atoms with Gasteiger partial charge in [-0.25, -0.2) is 0 Å². The highest BCUT2D eigenvalue weighted by Gasteiger charge is 2.48. The molecule has 0 aromatic heterocycles. The first-order chi connectivity index (χ1) is 15.7. The fourth-order valence-electron chi connectivity index (χ4n) is 6.14. The van der Waals surface area contributed by atoms with Gasteiger partial charge in [0.15, 0.2) is 0 Å². The summed E-state index contributed by atoms with van der Waals surface area (Å²) in [5, 5.41) is 0. The van der Waals surface area contributed by atoms with Gasteiger partial charge in [0.25, 0.3) is 0 Å². The van der Waals surface area contributed by atoms with Gasteiger partial charge in [-0.3, -0.25) is 0 Å². The van der Waals surface area contributed by atoms with Gasteiger partial charge in [-0.1, -0.05) is 74.7 Å². The standard InChI is InChI=1S/C31H42O/c1-3-5-7-9-25-32-29-16-12-27(13-17-29)26-10-14-28(15-11-26)31-22-19-30(20-23-31,21-24-31)18-8-6-4-2/h3,5,10-17H,4,6-9,18-25H2,1-2H3. The van der Waals surface area contributed by atoms with E-state index in [2.05, 4.69) is 74.5 Å². The van der Waals surface area contributed by atoms with Crippen molar-refractivity contribution in [1.29, 1.82) is 0 Å². The van der Waals surface area contributed by atoms with E-state index in [1.807, 2.05) is 0 Å². The van der Waals surface area contributed by atoms with Gasteiger partial charge in [0.05, 0.1) is 6.61 Å². The maximum atomic E-state index is 5.88. The Bertz CT molecular complexity index is 834. The molecule has 1 nitrogen and oxygen atoms in total. The second-order valence-electron chi connectivity index (χ2n) is 10.4. The van der Waals surface area contributed by atoms with Crippen LogP contribution in [0.4, 0.5) is 0 Å². The second kappa shape index (κ2) is 10.7. The first kappa shape index (κ1) is 23.1. The summed E-state index contributed by atoms with van der Waals surface area (Å²) in [6.07, 6.45) is 20.7. The SMILES string of the molecule is CC=CCCCOc1ccc(-c2ccc(C34CCC(CCCCC)(CC3)CC4)cc2)cc1. The highest BCUT2D eigenvalue weighted by atomic mass is 16.5. The minimum Gasteiger partial charge on any atom is -0.494 e. The average Bonchev–Trinajstić information content (AvgIpc) is 2.86. The molecule has 0 N–H and O–H groups in total. The van der Waals surface area contributed by atoms with E-state index in [0.29, 0.717) is 10.8 Å². The van der Waals surface area contributed by atoms with Crippen LogP contribution in [0.5, 0.6) is 5.75 Å². The van der Waals surface area contributed by atoms with Crippen molar-refractivity contribution in [3.8, 4) is 16.9 Å². The van der Waals surface area contributed by atoms with Crippen LogP contribution in [0.15, 0.2) is 60.7 Å². The molecule has 0 amide bonds. The Balaban J connectivity index is 1.34. The third kappa shape index (κ3) is 5.30. The smallest absolute Gasteiger partial charge is 0.119 e.